The molecule has 8 heteroatoms. The lowest BCUT2D eigenvalue weighted by Gasteiger charge is -2.48. The number of ether oxygens (including phenoxy) is 1. The number of H-pyrrole nitrogens is 2. The molecule has 1 amide bonds. The highest BCUT2D eigenvalue weighted by molar-refractivity contribution is 5.94. The average Bonchev–Trinajstić information content (AvgIpc) is 3.24. The maximum absolute atomic E-state index is 12.9. The van der Waals surface area contributed by atoms with Crippen LogP contribution >= 0.6 is 0 Å². The van der Waals surface area contributed by atoms with Crippen molar-refractivity contribution in [2.24, 2.45) is 0 Å². The van der Waals surface area contributed by atoms with E-state index >= 15 is 0 Å². The highest BCUT2D eigenvalue weighted by atomic mass is 16.5. The Bertz CT molecular complexity index is 1200. The molecule has 2 aliphatic heterocycles. The Balaban J connectivity index is 1.16. The number of fused-ring (bicyclic) bond motifs is 1. The first-order valence-corrected chi connectivity index (χ1v) is 12.7. The minimum atomic E-state index is -0.250. The number of amides is 1. The second-order valence-corrected chi connectivity index (χ2v) is 9.89. The molecule has 35 heavy (non-hydrogen) atoms. The molecule has 186 valence electrons. The SMILES string of the molecule is CCN(CC(=O)Nc1ccc2[nH]c(=O)[nH]c2c1)C1CCOC2(CCN(Cc3ccccc3)CC2)C1. The van der Waals surface area contributed by atoms with E-state index in [9.17, 15) is 9.59 Å². The quantitative estimate of drug-likeness (QED) is 0.485. The number of nitrogens with one attached hydrogen (secondary N) is 3. The second-order valence-electron chi connectivity index (χ2n) is 9.89. The van der Waals surface area contributed by atoms with Gasteiger partial charge in [0.05, 0.1) is 23.2 Å². The molecule has 1 atom stereocenters. The van der Waals surface area contributed by atoms with Crippen molar-refractivity contribution in [1.82, 2.24) is 19.8 Å². The second kappa shape index (κ2) is 10.4. The fraction of sp³-hybridized carbons (Fsp3) is 0.481. The maximum Gasteiger partial charge on any atom is 0.323 e. The first-order valence-electron chi connectivity index (χ1n) is 12.7. The summed E-state index contributed by atoms with van der Waals surface area (Å²) >= 11 is 0. The number of imidazole rings is 1. The van der Waals surface area contributed by atoms with Crippen LogP contribution in [0.4, 0.5) is 5.69 Å². The fourth-order valence-electron chi connectivity index (χ4n) is 5.62. The third-order valence-corrected chi connectivity index (χ3v) is 7.55. The lowest BCUT2D eigenvalue weighted by atomic mass is 9.81. The number of hydrogen-bond donors (Lipinski definition) is 3. The van der Waals surface area contributed by atoms with Gasteiger partial charge in [0.15, 0.2) is 0 Å². The van der Waals surface area contributed by atoms with Gasteiger partial charge in [0, 0.05) is 38.0 Å². The van der Waals surface area contributed by atoms with Crippen LogP contribution in [0.1, 0.15) is 38.2 Å². The molecule has 3 N–H and O–H groups in total. The van der Waals surface area contributed by atoms with E-state index in [0.29, 0.717) is 23.8 Å². The molecule has 0 bridgehead atoms. The Labute approximate surface area is 205 Å². The van der Waals surface area contributed by atoms with Crippen LogP contribution in [0.3, 0.4) is 0 Å². The Morgan fingerprint density at radius 3 is 2.69 bits per heavy atom. The number of carbonyl (C=O) groups excluding carboxylic acids is 1. The van der Waals surface area contributed by atoms with Gasteiger partial charge in [-0.2, -0.15) is 0 Å². The number of hydrogen-bond acceptors (Lipinski definition) is 5. The van der Waals surface area contributed by atoms with Gasteiger partial charge in [-0.3, -0.25) is 14.6 Å². The summed E-state index contributed by atoms with van der Waals surface area (Å²) in [6.07, 6.45) is 4.00. The van der Waals surface area contributed by atoms with Crippen molar-refractivity contribution in [3.63, 3.8) is 0 Å². The summed E-state index contributed by atoms with van der Waals surface area (Å²) in [5.41, 5.74) is 3.13. The minimum absolute atomic E-state index is 0.0395. The topological polar surface area (TPSA) is 93.5 Å². The number of benzene rings is 2. The van der Waals surface area contributed by atoms with Crippen molar-refractivity contribution in [3.05, 3.63) is 64.6 Å². The monoisotopic (exact) mass is 477 g/mol. The van der Waals surface area contributed by atoms with Gasteiger partial charge >= 0.3 is 5.69 Å². The van der Waals surface area contributed by atoms with E-state index in [0.717, 1.165) is 64.0 Å². The summed E-state index contributed by atoms with van der Waals surface area (Å²) in [6, 6.07) is 16.4. The summed E-state index contributed by atoms with van der Waals surface area (Å²) in [5.74, 6) is -0.0395. The zero-order chi connectivity index (χ0) is 24.3. The summed E-state index contributed by atoms with van der Waals surface area (Å²) in [4.78, 5) is 34.6. The Hall–Kier alpha value is -2.94. The molecule has 3 aromatic rings. The number of carbonyl (C=O) groups is 1. The van der Waals surface area contributed by atoms with E-state index in [1.807, 2.05) is 6.07 Å². The van der Waals surface area contributed by atoms with Crippen LogP contribution in [0.15, 0.2) is 53.3 Å². The van der Waals surface area contributed by atoms with Gasteiger partial charge in [-0.25, -0.2) is 4.79 Å². The van der Waals surface area contributed by atoms with Crippen LogP contribution in [-0.4, -0.2) is 70.1 Å². The van der Waals surface area contributed by atoms with Crippen LogP contribution in [0.2, 0.25) is 0 Å². The number of rotatable bonds is 7. The number of piperidine rings is 1. The Morgan fingerprint density at radius 1 is 1.14 bits per heavy atom. The van der Waals surface area contributed by atoms with Crippen molar-refractivity contribution in [1.29, 1.82) is 0 Å². The van der Waals surface area contributed by atoms with Crippen LogP contribution < -0.4 is 11.0 Å². The van der Waals surface area contributed by atoms with E-state index < -0.39 is 0 Å². The minimum Gasteiger partial charge on any atom is -0.375 e. The number of likely N-dealkylation sites (tertiary alicyclic amines) is 1. The van der Waals surface area contributed by atoms with Gasteiger partial charge in [-0.1, -0.05) is 37.3 Å². The molecule has 0 radical (unpaired) electrons. The van der Waals surface area contributed by atoms with Crippen LogP contribution in [0, 0.1) is 0 Å². The van der Waals surface area contributed by atoms with E-state index in [2.05, 4.69) is 62.3 Å². The van der Waals surface area contributed by atoms with Gasteiger partial charge < -0.3 is 20.0 Å². The standard InChI is InChI=1S/C27H35N5O3/c1-2-32(19-25(33)28-21-8-9-23-24(16-21)30-26(34)29-23)22-10-15-35-27(17-22)11-13-31(14-12-27)18-20-6-4-3-5-7-20/h3-9,16,22H,2,10-15,17-19H2,1H3,(H,28,33)(H2,29,30,34). The zero-order valence-electron chi connectivity index (χ0n) is 20.4. The molecule has 1 spiro atoms. The predicted molar refractivity (Wildman–Crippen MR) is 137 cm³/mol. The molecule has 8 nitrogen and oxygen atoms in total. The summed E-state index contributed by atoms with van der Waals surface area (Å²) < 4.78 is 6.39. The maximum atomic E-state index is 12.9. The fourth-order valence-corrected chi connectivity index (χ4v) is 5.62. The molecule has 2 fully saturated rings. The molecule has 5 rings (SSSR count). The normalized spacial score (nSPS) is 20.5. The smallest absolute Gasteiger partial charge is 0.323 e. The van der Waals surface area contributed by atoms with E-state index in [1.54, 1.807) is 12.1 Å². The predicted octanol–water partition coefficient (Wildman–Crippen LogP) is 3.33. The van der Waals surface area contributed by atoms with Crippen molar-refractivity contribution < 1.29 is 9.53 Å². The molecular weight excluding hydrogens is 442 g/mol. The van der Waals surface area contributed by atoms with Crippen LogP contribution in [-0.2, 0) is 16.1 Å². The molecular formula is C27H35N5O3. The number of aromatic amines is 2. The zero-order valence-corrected chi connectivity index (χ0v) is 20.4. The molecule has 0 aliphatic carbocycles. The summed E-state index contributed by atoms with van der Waals surface area (Å²) in [5, 5.41) is 2.99. The molecule has 2 saturated heterocycles. The largest absolute Gasteiger partial charge is 0.375 e. The molecule has 0 saturated carbocycles. The van der Waals surface area contributed by atoms with Crippen LogP contribution in [0.5, 0.6) is 0 Å². The van der Waals surface area contributed by atoms with Gasteiger partial charge in [-0.15, -0.1) is 0 Å². The molecule has 1 aromatic heterocycles. The van der Waals surface area contributed by atoms with Gasteiger partial charge in [0.25, 0.3) is 0 Å². The first kappa shape index (κ1) is 23.8. The Morgan fingerprint density at radius 2 is 1.91 bits per heavy atom. The van der Waals surface area contributed by atoms with Crippen molar-refractivity contribution >= 4 is 22.6 Å². The third-order valence-electron chi connectivity index (χ3n) is 7.55. The van der Waals surface area contributed by atoms with Gasteiger partial charge in [0.2, 0.25) is 5.91 Å². The van der Waals surface area contributed by atoms with Crippen molar-refractivity contribution in [2.75, 3.05) is 38.1 Å². The van der Waals surface area contributed by atoms with Crippen molar-refractivity contribution in [2.45, 2.75) is 50.8 Å². The first-order chi connectivity index (χ1) is 17.0. The van der Waals surface area contributed by atoms with Crippen LogP contribution in [0.25, 0.3) is 11.0 Å². The van der Waals surface area contributed by atoms with Gasteiger partial charge in [0.1, 0.15) is 0 Å². The number of anilines is 1. The summed E-state index contributed by atoms with van der Waals surface area (Å²) in [6.45, 7) is 7.10. The number of likely N-dealkylation sites (N-methyl/N-ethyl adjacent to an activating group) is 1. The lowest BCUT2D eigenvalue weighted by Crippen LogP contribution is -2.54. The molecule has 2 aliphatic rings. The number of aromatic nitrogens is 2. The van der Waals surface area contributed by atoms with E-state index in [1.165, 1.54) is 5.56 Å². The van der Waals surface area contributed by atoms with Crippen molar-refractivity contribution in [3.8, 4) is 0 Å². The highest BCUT2D eigenvalue weighted by Gasteiger charge is 2.41. The Kier molecular flexibility index (Phi) is 7.04. The van der Waals surface area contributed by atoms with Gasteiger partial charge in [-0.05, 0) is 56.0 Å². The summed E-state index contributed by atoms with van der Waals surface area (Å²) in [7, 11) is 0. The molecule has 1 unspecified atom stereocenters. The highest BCUT2D eigenvalue weighted by Crippen LogP contribution is 2.37. The number of nitrogens with zero attached hydrogens (tertiary/aromatic N) is 2. The average molecular weight is 478 g/mol. The molecule has 3 heterocycles. The lowest BCUT2D eigenvalue weighted by molar-refractivity contribution is -0.137. The van der Waals surface area contributed by atoms with E-state index in [-0.39, 0.29) is 17.2 Å². The van der Waals surface area contributed by atoms with E-state index in [4.69, 9.17) is 4.74 Å². The molecule has 2 aromatic carbocycles. The third kappa shape index (κ3) is 5.66.